The number of nitrogens with two attached hydrogens (primary N) is 1. The molecule has 0 aromatic rings. The van der Waals surface area contributed by atoms with Crippen LogP contribution in [-0.4, -0.2) is 30.9 Å². The van der Waals surface area contributed by atoms with E-state index in [1.165, 1.54) is 57.8 Å². The van der Waals surface area contributed by atoms with E-state index < -0.39 is 0 Å². The van der Waals surface area contributed by atoms with E-state index in [2.05, 4.69) is 6.92 Å². The molecule has 2 N–H and O–H groups in total. The second-order valence-corrected chi connectivity index (χ2v) is 5.85. The molecule has 0 bridgehead atoms. The van der Waals surface area contributed by atoms with Crippen LogP contribution in [0, 0.1) is 0 Å². The van der Waals surface area contributed by atoms with Gasteiger partial charge in [0.15, 0.2) is 0 Å². The Labute approximate surface area is 119 Å². The molecule has 0 saturated carbocycles. The third kappa shape index (κ3) is 11.0. The van der Waals surface area contributed by atoms with Crippen molar-refractivity contribution in [2.75, 3.05) is 14.1 Å². The lowest BCUT2D eigenvalue weighted by atomic mass is 10.0. The van der Waals surface area contributed by atoms with Crippen molar-refractivity contribution in [3.63, 3.8) is 0 Å². The molecule has 19 heavy (non-hydrogen) atoms. The Hall–Kier alpha value is -0.570. The first kappa shape index (κ1) is 18.4. The summed E-state index contributed by atoms with van der Waals surface area (Å²) in [7, 11) is 3.84. The van der Waals surface area contributed by atoms with Gasteiger partial charge in [0.25, 0.3) is 0 Å². The predicted molar refractivity (Wildman–Crippen MR) is 83.1 cm³/mol. The third-order valence-corrected chi connectivity index (χ3v) is 3.78. The number of rotatable bonds is 13. The highest BCUT2D eigenvalue weighted by molar-refractivity contribution is 5.79. The molecule has 0 aromatic heterocycles. The summed E-state index contributed by atoms with van der Waals surface area (Å²) in [6.45, 7) is 2.26. The normalized spacial score (nSPS) is 12.8. The Bertz CT molecular complexity index is 217. The summed E-state index contributed by atoms with van der Waals surface area (Å²) in [6, 6.07) is -0.0888. The molecule has 0 aromatic carbocycles. The fourth-order valence-electron chi connectivity index (χ4n) is 2.48. The SMILES string of the molecule is CCCCCCCCCCCCC(C(N)=O)N(C)C. The summed E-state index contributed by atoms with van der Waals surface area (Å²) in [4.78, 5) is 13.1. The molecular formula is C16H34N2O. The summed E-state index contributed by atoms with van der Waals surface area (Å²) < 4.78 is 0. The average Bonchev–Trinajstić information content (AvgIpc) is 2.35. The molecule has 1 atom stereocenters. The zero-order valence-electron chi connectivity index (χ0n) is 13.3. The quantitative estimate of drug-likeness (QED) is 0.519. The van der Waals surface area contributed by atoms with Crippen LogP contribution in [0.15, 0.2) is 0 Å². The van der Waals surface area contributed by atoms with Crippen molar-refractivity contribution in [3.05, 3.63) is 0 Å². The van der Waals surface area contributed by atoms with E-state index in [1.807, 2.05) is 19.0 Å². The average molecular weight is 270 g/mol. The third-order valence-electron chi connectivity index (χ3n) is 3.78. The molecule has 1 unspecified atom stereocenters. The maximum atomic E-state index is 11.2. The van der Waals surface area contributed by atoms with Crippen LogP contribution in [-0.2, 0) is 4.79 Å². The van der Waals surface area contributed by atoms with Gasteiger partial charge in [0.05, 0.1) is 6.04 Å². The maximum Gasteiger partial charge on any atom is 0.234 e. The van der Waals surface area contributed by atoms with Crippen molar-refractivity contribution in [2.45, 2.75) is 83.6 Å². The Morgan fingerprint density at radius 2 is 1.32 bits per heavy atom. The summed E-state index contributed by atoms with van der Waals surface area (Å²) in [6.07, 6.45) is 14.2. The van der Waals surface area contributed by atoms with Crippen LogP contribution in [0.2, 0.25) is 0 Å². The predicted octanol–water partition coefficient (Wildman–Crippen LogP) is 3.71. The summed E-state index contributed by atoms with van der Waals surface area (Å²) in [5.41, 5.74) is 5.38. The number of likely N-dealkylation sites (N-methyl/N-ethyl adjacent to an activating group) is 1. The van der Waals surface area contributed by atoms with Crippen LogP contribution in [0.3, 0.4) is 0 Å². The van der Waals surface area contributed by atoms with Crippen LogP contribution in [0.5, 0.6) is 0 Å². The number of carbonyl (C=O) groups excluding carboxylic acids is 1. The highest BCUT2D eigenvalue weighted by atomic mass is 16.1. The number of unbranched alkanes of at least 4 members (excludes halogenated alkanes) is 9. The van der Waals surface area contributed by atoms with Crippen molar-refractivity contribution in [1.82, 2.24) is 4.90 Å². The Kier molecular flexibility index (Phi) is 12.1. The molecule has 0 fully saturated rings. The first-order chi connectivity index (χ1) is 9.09. The second-order valence-electron chi connectivity index (χ2n) is 5.85. The van der Waals surface area contributed by atoms with Gasteiger partial charge < -0.3 is 5.73 Å². The number of amides is 1. The molecule has 0 aliphatic carbocycles. The zero-order chi connectivity index (χ0) is 14.5. The van der Waals surface area contributed by atoms with Crippen molar-refractivity contribution < 1.29 is 4.79 Å². The lowest BCUT2D eigenvalue weighted by Gasteiger charge is -2.20. The highest BCUT2D eigenvalue weighted by Crippen LogP contribution is 2.12. The van der Waals surface area contributed by atoms with Gasteiger partial charge >= 0.3 is 0 Å². The highest BCUT2D eigenvalue weighted by Gasteiger charge is 2.16. The number of carbonyl (C=O) groups is 1. The fourth-order valence-corrected chi connectivity index (χ4v) is 2.48. The van der Waals surface area contributed by atoms with Crippen molar-refractivity contribution in [3.8, 4) is 0 Å². The van der Waals surface area contributed by atoms with Gasteiger partial charge in [-0.3, -0.25) is 9.69 Å². The van der Waals surface area contributed by atoms with Crippen LogP contribution in [0.25, 0.3) is 0 Å². The Morgan fingerprint density at radius 1 is 0.895 bits per heavy atom. The standard InChI is InChI=1S/C16H34N2O/c1-4-5-6-7-8-9-10-11-12-13-14-15(16(17)19)18(2)3/h15H,4-14H2,1-3H3,(H2,17,19). The van der Waals surface area contributed by atoms with E-state index >= 15 is 0 Å². The van der Waals surface area contributed by atoms with Crippen LogP contribution < -0.4 is 5.73 Å². The number of primary amides is 1. The molecule has 3 heteroatoms. The van der Waals surface area contributed by atoms with Gasteiger partial charge in [0.1, 0.15) is 0 Å². The summed E-state index contributed by atoms with van der Waals surface area (Å²) >= 11 is 0. The van der Waals surface area contributed by atoms with Crippen LogP contribution in [0.1, 0.15) is 77.6 Å². The number of nitrogens with zero attached hydrogens (tertiary/aromatic N) is 1. The first-order valence-electron chi connectivity index (χ1n) is 8.05. The molecule has 1 amide bonds. The molecule has 0 rings (SSSR count). The Balaban J connectivity index is 3.32. The molecule has 0 saturated heterocycles. The minimum atomic E-state index is -0.194. The van der Waals surface area contributed by atoms with Gasteiger partial charge in [-0.15, -0.1) is 0 Å². The molecule has 0 radical (unpaired) electrons. The van der Waals surface area contributed by atoms with Crippen molar-refractivity contribution >= 4 is 5.91 Å². The van der Waals surface area contributed by atoms with Gasteiger partial charge in [0.2, 0.25) is 5.91 Å². The van der Waals surface area contributed by atoms with Gasteiger partial charge in [-0.1, -0.05) is 71.1 Å². The van der Waals surface area contributed by atoms with Crippen LogP contribution in [0.4, 0.5) is 0 Å². The van der Waals surface area contributed by atoms with E-state index in [4.69, 9.17) is 5.73 Å². The van der Waals surface area contributed by atoms with Crippen molar-refractivity contribution in [1.29, 1.82) is 0 Å². The molecule has 3 nitrogen and oxygen atoms in total. The molecule has 0 heterocycles. The van der Waals surface area contributed by atoms with E-state index in [0.29, 0.717) is 0 Å². The molecule has 0 aliphatic rings. The lowest BCUT2D eigenvalue weighted by molar-refractivity contribution is -0.122. The minimum absolute atomic E-state index is 0.0888. The van der Waals surface area contributed by atoms with E-state index in [-0.39, 0.29) is 11.9 Å². The second kappa shape index (κ2) is 12.5. The topological polar surface area (TPSA) is 46.3 Å². The van der Waals surface area contributed by atoms with Crippen LogP contribution >= 0.6 is 0 Å². The molecule has 0 spiro atoms. The summed E-state index contributed by atoms with van der Waals surface area (Å²) in [5.74, 6) is -0.194. The Morgan fingerprint density at radius 3 is 1.68 bits per heavy atom. The minimum Gasteiger partial charge on any atom is -0.368 e. The van der Waals surface area contributed by atoms with Gasteiger partial charge in [-0.2, -0.15) is 0 Å². The number of hydrogen-bond acceptors (Lipinski definition) is 2. The molecule has 0 aliphatic heterocycles. The zero-order valence-corrected chi connectivity index (χ0v) is 13.3. The maximum absolute atomic E-state index is 11.2. The largest absolute Gasteiger partial charge is 0.368 e. The lowest BCUT2D eigenvalue weighted by Crippen LogP contribution is -2.40. The van der Waals surface area contributed by atoms with Gasteiger partial charge in [-0.25, -0.2) is 0 Å². The van der Waals surface area contributed by atoms with E-state index in [9.17, 15) is 4.79 Å². The molecule has 114 valence electrons. The first-order valence-corrected chi connectivity index (χ1v) is 8.05. The fraction of sp³-hybridized carbons (Fsp3) is 0.938. The number of hydrogen-bond donors (Lipinski definition) is 1. The van der Waals surface area contributed by atoms with E-state index in [0.717, 1.165) is 12.8 Å². The molecular weight excluding hydrogens is 236 g/mol. The van der Waals surface area contributed by atoms with Gasteiger partial charge in [-0.05, 0) is 20.5 Å². The summed E-state index contributed by atoms with van der Waals surface area (Å²) in [5, 5.41) is 0. The van der Waals surface area contributed by atoms with Gasteiger partial charge in [0, 0.05) is 0 Å². The monoisotopic (exact) mass is 270 g/mol. The van der Waals surface area contributed by atoms with E-state index in [1.54, 1.807) is 0 Å². The smallest absolute Gasteiger partial charge is 0.234 e. The van der Waals surface area contributed by atoms with Crippen molar-refractivity contribution in [2.24, 2.45) is 5.73 Å².